The number of hydrogen-bond donors (Lipinski definition) is 2. The van der Waals surface area contributed by atoms with Gasteiger partial charge in [0.2, 0.25) is 10.0 Å². The standard InChI is InChI=1S/C30H38N2O5S/c1-21(2)27-17-25(11-12-29(27)37-19-24-9-7-6-8-10-24)18-28-22(3)15-26(16-23(28)4)36-20-30(33)31-13-14-32-38(5,34)35/h6-12,15-17,21,32H,13-14,18-20H2,1-5H3,(H,31,33). The lowest BCUT2D eigenvalue weighted by atomic mass is 9.93. The molecule has 0 bridgehead atoms. The molecule has 3 aromatic carbocycles. The van der Waals surface area contributed by atoms with Crippen molar-refractivity contribution in [3.05, 3.63) is 94.0 Å². The average molecular weight is 539 g/mol. The highest BCUT2D eigenvalue weighted by atomic mass is 32.2. The molecule has 0 saturated heterocycles. The van der Waals surface area contributed by atoms with Crippen LogP contribution < -0.4 is 19.5 Å². The lowest BCUT2D eigenvalue weighted by Crippen LogP contribution is -2.36. The maximum atomic E-state index is 12.0. The van der Waals surface area contributed by atoms with E-state index in [-0.39, 0.29) is 25.6 Å². The van der Waals surface area contributed by atoms with Crippen molar-refractivity contribution in [1.29, 1.82) is 0 Å². The first kappa shape index (κ1) is 29.2. The van der Waals surface area contributed by atoms with Crippen molar-refractivity contribution in [2.24, 2.45) is 0 Å². The van der Waals surface area contributed by atoms with Crippen LogP contribution in [0.15, 0.2) is 60.7 Å². The largest absolute Gasteiger partial charge is 0.489 e. The van der Waals surface area contributed by atoms with Crippen LogP contribution in [0, 0.1) is 13.8 Å². The number of carbonyl (C=O) groups excluding carboxylic acids is 1. The molecule has 0 aromatic heterocycles. The van der Waals surface area contributed by atoms with E-state index in [0.717, 1.165) is 35.1 Å². The SMILES string of the molecule is Cc1cc(OCC(=O)NCCNS(C)(=O)=O)cc(C)c1Cc1ccc(OCc2ccccc2)c(C(C)C)c1. The van der Waals surface area contributed by atoms with Crippen LogP contribution in [-0.4, -0.2) is 40.3 Å². The van der Waals surface area contributed by atoms with Gasteiger partial charge in [0.1, 0.15) is 18.1 Å². The zero-order valence-corrected chi connectivity index (χ0v) is 23.7. The number of nitrogens with one attached hydrogen (secondary N) is 2. The van der Waals surface area contributed by atoms with Gasteiger partial charge < -0.3 is 14.8 Å². The van der Waals surface area contributed by atoms with Crippen LogP contribution in [0.4, 0.5) is 0 Å². The summed E-state index contributed by atoms with van der Waals surface area (Å²) in [5.74, 6) is 1.55. The molecule has 0 saturated carbocycles. The number of aryl methyl sites for hydroxylation is 2. The molecule has 0 heterocycles. The van der Waals surface area contributed by atoms with E-state index in [4.69, 9.17) is 9.47 Å². The van der Waals surface area contributed by atoms with E-state index >= 15 is 0 Å². The first-order valence-corrected chi connectivity index (χ1v) is 14.6. The van der Waals surface area contributed by atoms with E-state index in [2.05, 4.69) is 54.2 Å². The number of sulfonamides is 1. The number of amides is 1. The Morgan fingerprint density at radius 2 is 1.58 bits per heavy atom. The van der Waals surface area contributed by atoms with Gasteiger partial charge in [-0.05, 0) is 77.8 Å². The highest BCUT2D eigenvalue weighted by molar-refractivity contribution is 7.88. The summed E-state index contributed by atoms with van der Waals surface area (Å²) in [4.78, 5) is 12.0. The molecule has 0 aliphatic rings. The Bertz CT molecular complexity index is 1310. The van der Waals surface area contributed by atoms with Crippen molar-refractivity contribution in [3.8, 4) is 11.5 Å². The van der Waals surface area contributed by atoms with Gasteiger partial charge in [-0.15, -0.1) is 0 Å². The van der Waals surface area contributed by atoms with Crippen LogP contribution in [0.3, 0.4) is 0 Å². The molecule has 0 fully saturated rings. The summed E-state index contributed by atoms with van der Waals surface area (Å²) >= 11 is 0. The van der Waals surface area contributed by atoms with E-state index in [1.165, 1.54) is 16.7 Å². The monoisotopic (exact) mass is 538 g/mol. The minimum absolute atomic E-state index is 0.135. The van der Waals surface area contributed by atoms with Gasteiger partial charge in [0, 0.05) is 13.1 Å². The summed E-state index contributed by atoms with van der Waals surface area (Å²) in [6.07, 6.45) is 1.86. The molecule has 1 amide bonds. The Kier molecular flexibility index (Phi) is 10.3. The fraction of sp³-hybridized carbons (Fsp3) is 0.367. The molecule has 0 spiro atoms. The van der Waals surface area contributed by atoms with Crippen LogP contribution in [0.5, 0.6) is 11.5 Å². The molecular formula is C30H38N2O5S. The summed E-state index contributed by atoms with van der Waals surface area (Å²) in [7, 11) is -3.27. The van der Waals surface area contributed by atoms with Gasteiger partial charge in [0.25, 0.3) is 5.91 Å². The van der Waals surface area contributed by atoms with Crippen molar-refractivity contribution in [1.82, 2.24) is 10.0 Å². The summed E-state index contributed by atoms with van der Waals surface area (Å²) < 4.78 is 36.3. The second kappa shape index (κ2) is 13.4. The highest BCUT2D eigenvalue weighted by Gasteiger charge is 2.13. The molecule has 3 aromatic rings. The Labute approximate surface area is 226 Å². The third-order valence-corrected chi connectivity index (χ3v) is 6.89. The summed E-state index contributed by atoms with van der Waals surface area (Å²) in [5.41, 5.74) is 6.94. The van der Waals surface area contributed by atoms with Crippen molar-refractivity contribution < 1.29 is 22.7 Å². The molecule has 0 radical (unpaired) electrons. The Morgan fingerprint density at radius 3 is 2.21 bits per heavy atom. The van der Waals surface area contributed by atoms with Crippen molar-refractivity contribution >= 4 is 15.9 Å². The zero-order valence-electron chi connectivity index (χ0n) is 22.8. The van der Waals surface area contributed by atoms with Crippen LogP contribution in [0.25, 0.3) is 0 Å². The third kappa shape index (κ3) is 9.19. The van der Waals surface area contributed by atoms with Crippen molar-refractivity contribution in [2.75, 3.05) is 26.0 Å². The number of ether oxygens (including phenoxy) is 2. The minimum Gasteiger partial charge on any atom is -0.489 e. The van der Waals surface area contributed by atoms with E-state index < -0.39 is 10.0 Å². The van der Waals surface area contributed by atoms with Gasteiger partial charge in [-0.25, -0.2) is 13.1 Å². The number of carbonyl (C=O) groups is 1. The molecule has 0 aliphatic carbocycles. The van der Waals surface area contributed by atoms with Crippen LogP contribution in [0.1, 0.15) is 53.1 Å². The van der Waals surface area contributed by atoms with Crippen LogP contribution >= 0.6 is 0 Å². The fourth-order valence-corrected chi connectivity index (χ4v) is 4.66. The second-order valence-corrected chi connectivity index (χ2v) is 11.7. The molecule has 0 aliphatic heterocycles. The minimum atomic E-state index is -3.27. The predicted molar refractivity (Wildman–Crippen MR) is 151 cm³/mol. The number of rotatable bonds is 13. The van der Waals surface area contributed by atoms with E-state index in [1.54, 1.807) is 0 Å². The molecule has 0 atom stereocenters. The first-order chi connectivity index (χ1) is 18.0. The maximum Gasteiger partial charge on any atom is 0.257 e. The normalized spacial score (nSPS) is 11.4. The second-order valence-electron chi connectivity index (χ2n) is 9.82. The van der Waals surface area contributed by atoms with E-state index in [0.29, 0.717) is 18.3 Å². The Morgan fingerprint density at radius 1 is 0.895 bits per heavy atom. The first-order valence-electron chi connectivity index (χ1n) is 12.8. The molecule has 8 heteroatoms. The van der Waals surface area contributed by atoms with E-state index in [1.807, 2.05) is 44.2 Å². The van der Waals surface area contributed by atoms with Gasteiger partial charge in [0.15, 0.2) is 6.61 Å². The van der Waals surface area contributed by atoms with Crippen LogP contribution in [-0.2, 0) is 27.8 Å². The molecular weight excluding hydrogens is 500 g/mol. The molecule has 0 unspecified atom stereocenters. The Hall–Kier alpha value is -3.36. The van der Waals surface area contributed by atoms with E-state index in [9.17, 15) is 13.2 Å². The Balaban J connectivity index is 1.62. The topological polar surface area (TPSA) is 93.7 Å². The summed E-state index contributed by atoms with van der Waals surface area (Å²) in [6.45, 7) is 9.18. The van der Waals surface area contributed by atoms with Crippen molar-refractivity contribution in [3.63, 3.8) is 0 Å². The predicted octanol–water partition coefficient (Wildman–Crippen LogP) is 4.64. The molecule has 7 nitrogen and oxygen atoms in total. The smallest absolute Gasteiger partial charge is 0.257 e. The number of benzene rings is 3. The van der Waals surface area contributed by atoms with Gasteiger partial charge in [-0.3, -0.25) is 4.79 Å². The fourth-order valence-electron chi connectivity index (χ4n) is 4.18. The van der Waals surface area contributed by atoms with Gasteiger partial charge >= 0.3 is 0 Å². The van der Waals surface area contributed by atoms with Gasteiger partial charge in [-0.1, -0.05) is 56.3 Å². The number of hydrogen-bond acceptors (Lipinski definition) is 5. The molecule has 3 rings (SSSR count). The highest BCUT2D eigenvalue weighted by Crippen LogP contribution is 2.31. The lowest BCUT2D eigenvalue weighted by molar-refractivity contribution is -0.123. The van der Waals surface area contributed by atoms with Crippen molar-refractivity contribution in [2.45, 2.75) is 46.6 Å². The summed E-state index contributed by atoms with van der Waals surface area (Å²) in [6, 6.07) is 20.5. The average Bonchev–Trinajstić information content (AvgIpc) is 2.86. The molecule has 204 valence electrons. The lowest BCUT2D eigenvalue weighted by Gasteiger charge is -2.18. The van der Waals surface area contributed by atoms with Crippen LogP contribution in [0.2, 0.25) is 0 Å². The third-order valence-electron chi connectivity index (χ3n) is 6.17. The quantitative estimate of drug-likeness (QED) is 0.309. The molecule has 2 N–H and O–H groups in total. The summed E-state index contributed by atoms with van der Waals surface area (Å²) in [5, 5.41) is 2.63. The van der Waals surface area contributed by atoms with Gasteiger partial charge in [-0.2, -0.15) is 0 Å². The maximum absolute atomic E-state index is 12.0. The van der Waals surface area contributed by atoms with Gasteiger partial charge in [0.05, 0.1) is 6.26 Å². The zero-order chi connectivity index (χ0) is 27.7. The molecule has 38 heavy (non-hydrogen) atoms.